The van der Waals surface area contributed by atoms with Gasteiger partial charge in [-0.15, -0.1) is 0 Å². The van der Waals surface area contributed by atoms with Crippen molar-refractivity contribution in [2.75, 3.05) is 0 Å². The summed E-state index contributed by atoms with van der Waals surface area (Å²) in [7, 11) is -1.14. The van der Waals surface area contributed by atoms with Crippen LogP contribution in [0.3, 0.4) is 0 Å². The normalized spacial score (nSPS) is 35.5. The van der Waals surface area contributed by atoms with Gasteiger partial charge in [-0.25, -0.2) is 0 Å². The molecule has 0 amide bonds. The molecule has 0 heterocycles. The van der Waals surface area contributed by atoms with Gasteiger partial charge in [-0.2, -0.15) is 0 Å². The standard InChI is InChI=1S/C8H18BNO2/c1-6-7(2-3-8(6)10)4-5-9(11)12/h6-8,11-12H,2-5,10H2,1H3/t6-,7-,8?/m0/s1. The second-order valence-corrected chi connectivity index (χ2v) is 3.92. The van der Waals surface area contributed by atoms with E-state index < -0.39 is 7.12 Å². The summed E-state index contributed by atoms with van der Waals surface area (Å²) in [5.74, 6) is 1.14. The maximum absolute atomic E-state index is 8.69. The maximum atomic E-state index is 8.69. The summed E-state index contributed by atoms with van der Waals surface area (Å²) in [6.07, 6.45) is 3.62. The van der Waals surface area contributed by atoms with E-state index in [-0.39, 0.29) is 0 Å². The quantitative estimate of drug-likeness (QED) is 0.532. The van der Waals surface area contributed by atoms with E-state index in [0.29, 0.717) is 24.2 Å². The predicted octanol–water partition coefficient (Wildman–Crippen LogP) is 0.223. The molecule has 1 aliphatic rings. The number of hydrogen-bond acceptors (Lipinski definition) is 3. The molecular weight excluding hydrogens is 153 g/mol. The van der Waals surface area contributed by atoms with Gasteiger partial charge in [0.15, 0.2) is 0 Å². The molecule has 0 aliphatic heterocycles. The first-order valence-corrected chi connectivity index (χ1v) is 4.73. The number of hydrogen-bond donors (Lipinski definition) is 3. The van der Waals surface area contributed by atoms with Gasteiger partial charge >= 0.3 is 7.12 Å². The highest BCUT2D eigenvalue weighted by Crippen LogP contribution is 2.33. The molecular formula is C8H18BNO2. The van der Waals surface area contributed by atoms with Gasteiger partial charge in [0.1, 0.15) is 0 Å². The molecule has 1 aliphatic carbocycles. The molecule has 4 N–H and O–H groups in total. The molecule has 0 spiro atoms. The molecule has 70 valence electrons. The van der Waals surface area contributed by atoms with Gasteiger partial charge in [-0.1, -0.05) is 13.3 Å². The van der Waals surface area contributed by atoms with Crippen molar-refractivity contribution in [2.24, 2.45) is 17.6 Å². The Morgan fingerprint density at radius 2 is 2.08 bits per heavy atom. The van der Waals surface area contributed by atoms with Crippen molar-refractivity contribution >= 4 is 7.12 Å². The van der Waals surface area contributed by atoms with E-state index in [4.69, 9.17) is 15.8 Å². The molecule has 0 radical (unpaired) electrons. The lowest BCUT2D eigenvalue weighted by molar-refractivity contribution is 0.355. The lowest BCUT2D eigenvalue weighted by Gasteiger charge is -2.17. The zero-order chi connectivity index (χ0) is 9.14. The van der Waals surface area contributed by atoms with E-state index in [0.717, 1.165) is 19.3 Å². The predicted molar refractivity (Wildman–Crippen MR) is 49.5 cm³/mol. The van der Waals surface area contributed by atoms with Gasteiger partial charge in [0.05, 0.1) is 0 Å². The van der Waals surface area contributed by atoms with E-state index >= 15 is 0 Å². The van der Waals surface area contributed by atoms with Crippen molar-refractivity contribution < 1.29 is 10.0 Å². The van der Waals surface area contributed by atoms with E-state index in [1.807, 2.05) is 0 Å². The van der Waals surface area contributed by atoms with Gasteiger partial charge in [0.2, 0.25) is 0 Å². The fraction of sp³-hybridized carbons (Fsp3) is 1.00. The highest BCUT2D eigenvalue weighted by molar-refractivity contribution is 6.40. The van der Waals surface area contributed by atoms with Gasteiger partial charge in [0, 0.05) is 6.04 Å². The van der Waals surface area contributed by atoms with E-state index in [1.165, 1.54) is 0 Å². The van der Waals surface area contributed by atoms with Gasteiger partial charge in [-0.3, -0.25) is 0 Å². The fourth-order valence-corrected chi connectivity index (χ4v) is 2.05. The lowest BCUT2D eigenvalue weighted by atomic mass is 9.78. The van der Waals surface area contributed by atoms with Crippen LogP contribution in [0.4, 0.5) is 0 Å². The Balaban J connectivity index is 2.24. The molecule has 0 aromatic rings. The monoisotopic (exact) mass is 171 g/mol. The average Bonchev–Trinajstić information content (AvgIpc) is 2.30. The van der Waals surface area contributed by atoms with Gasteiger partial charge < -0.3 is 15.8 Å². The van der Waals surface area contributed by atoms with Crippen LogP contribution in [0, 0.1) is 11.8 Å². The summed E-state index contributed by atoms with van der Waals surface area (Å²) in [5.41, 5.74) is 5.85. The van der Waals surface area contributed by atoms with Crippen molar-refractivity contribution in [2.45, 2.75) is 38.5 Å². The average molecular weight is 171 g/mol. The number of rotatable bonds is 3. The van der Waals surface area contributed by atoms with Crippen molar-refractivity contribution in [1.82, 2.24) is 0 Å². The summed E-state index contributed by atoms with van der Waals surface area (Å²) < 4.78 is 0. The summed E-state index contributed by atoms with van der Waals surface area (Å²) in [4.78, 5) is 0. The molecule has 1 saturated carbocycles. The fourth-order valence-electron chi connectivity index (χ4n) is 2.05. The van der Waals surface area contributed by atoms with Crippen molar-refractivity contribution in [3.8, 4) is 0 Å². The minimum Gasteiger partial charge on any atom is -0.427 e. The molecule has 3 nitrogen and oxygen atoms in total. The zero-order valence-corrected chi connectivity index (χ0v) is 7.61. The first kappa shape index (κ1) is 10.0. The first-order chi connectivity index (χ1) is 5.61. The first-order valence-electron chi connectivity index (χ1n) is 4.73. The van der Waals surface area contributed by atoms with Gasteiger partial charge in [-0.05, 0) is 31.0 Å². The van der Waals surface area contributed by atoms with Crippen molar-refractivity contribution in [3.63, 3.8) is 0 Å². The van der Waals surface area contributed by atoms with Crippen molar-refractivity contribution in [1.29, 1.82) is 0 Å². The highest BCUT2D eigenvalue weighted by Gasteiger charge is 2.30. The third kappa shape index (κ3) is 2.47. The zero-order valence-electron chi connectivity index (χ0n) is 7.61. The van der Waals surface area contributed by atoms with E-state index in [1.54, 1.807) is 0 Å². The Kier molecular flexibility index (Phi) is 3.56. The van der Waals surface area contributed by atoms with E-state index in [9.17, 15) is 0 Å². The minimum atomic E-state index is -1.14. The summed E-state index contributed by atoms with van der Waals surface area (Å²) in [5, 5.41) is 17.4. The summed E-state index contributed by atoms with van der Waals surface area (Å²) in [6, 6.07) is 0.325. The Labute approximate surface area is 74.1 Å². The third-order valence-corrected chi connectivity index (χ3v) is 3.09. The maximum Gasteiger partial charge on any atom is 0.451 e. The smallest absolute Gasteiger partial charge is 0.427 e. The van der Waals surface area contributed by atoms with Crippen LogP contribution in [0.1, 0.15) is 26.2 Å². The lowest BCUT2D eigenvalue weighted by Crippen LogP contribution is -2.25. The Morgan fingerprint density at radius 1 is 1.42 bits per heavy atom. The van der Waals surface area contributed by atoms with E-state index in [2.05, 4.69) is 6.92 Å². The minimum absolute atomic E-state index is 0.325. The van der Waals surface area contributed by atoms with Crippen LogP contribution >= 0.6 is 0 Å². The molecule has 1 rings (SSSR count). The molecule has 4 heteroatoms. The molecule has 0 aromatic carbocycles. The second-order valence-electron chi connectivity index (χ2n) is 3.92. The van der Waals surface area contributed by atoms with Crippen LogP contribution in [-0.4, -0.2) is 23.2 Å². The highest BCUT2D eigenvalue weighted by atomic mass is 16.4. The largest absolute Gasteiger partial charge is 0.451 e. The third-order valence-electron chi connectivity index (χ3n) is 3.09. The Bertz CT molecular complexity index is 143. The molecule has 3 atom stereocenters. The summed E-state index contributed by atoms with van der Waals surface area (Å²) in [6.45, 7) is 2.16. The molecule has 12 heavy (non-hydrogen) atoms. The van der Waals surface area contributed by atoms with Gasteiger partial charge in [0.25, 0.3) is 0 Å². The topological polar surface area (TPSA) is 66.5 Å². The molecule has 1 unspecified atom stereocenters. The Morgan fingerprint density at radius 3 is 2.50 bits per heavy atom. The van der Waals surface area contributed by atoms with Crippen molar-refractivity contribution in [3.05, 3.63) is 0 Å². The van der Waals surface area contributed by atoms with Crippen LogP contribution in [0.5, 0.6) is 0 Å². The van der Waals surface area contributed by atoms with Crippen LogP contribution < -0.4 is 5.73 Å². The number of nitrogens with two attached hydrogens (primary N) is 1. The second kappa shape index (κ2) is 4.26. The summed E-state index contributed by atoms with van der Waals surface area (Å²) >= 11 is 0. The SMILES string of the molecule is C[C@@H]1C(N)CC[C@H]1CCB(O)O. The van der Waals surface area contributed by atoms with Crippen LogP contribution in [0.15, 0.2) is 0 Å². The molecule has 0 bridgehead atoms. The van der Waals surface area contributed by atoms with Crippen LogP contribution in [-0.2, 0) is 0 Å². The van der Waals surface area contributed by atoms with Crippen LogP contribution in [0.2, 0.25) is 6.32 Å². The molecule has 0 saturated heterocycles. The molecule has 0 aromatic heterocycles. The Hall–Kier alpha value is -0.0551. The van der Waals surface area contributed by atoms with Crippen LogP contribution in [0.25, 0.3) is 0 Å². The molecule has 1 fully saturated rings.